The lowest BCUT2D eigenvalue weighted by atomic mass is 10.0. The normalized spacial score (nSPS) is 14.0. The molecule has 16 heteroatoms. The molecule has 206 valence electrons. The van der Waals surface area contributed by atoms with E-state index in [1.807, 2.05) is 0 Å². The minimum absolute atomic E-state index is 0.0199. The highest BCUT2D eigenvalue weighted by Crippen LogP contribution is 2.06. The highest BCUT2D eigenvalue weighted by molar-refractivity contribution is 7.80. The van der Waals surface area contributed by atoms with Crippen molar-refractivity contribution in [2.75, 3.05) is 18.8 Å². The lowest BCUT2D eigenvalue weighted by Crippen LogP contribution is -2.57. The maximum absolute atomic E-state index is 13.1. The zero-order chi connectivity index (χ0) is 27.7. The summed E-state index contributed by atoms with van der Waals surface area (Å²) < 4.78 is 0. The molecule has 0 rings (SSSR count). The Balaban J connectivity index is 5.53. The molecule has 0 aromatic rings. The van der Waals surface area contributed by atoms with E-state index in [-0.39, 0.29) is 43.9 Å². The number of carbonyl (C=O) groups excluding carboxylic acids is 4. The number of nitrogens with two attached hydrogens (primary N) is 5. The van der Waals surface area contributed by atoms with Crippen molar-refractivity contribution < 1.29 is 29.1 Å². The number of hydrogen-bond acceptors (Lipinski definition) is 9. The van der Waals surface area contributed by atoms with E-state index in [4.69, 9.17) is 28.7 Å². The number of aliphatic imine (C=N–C) groups is 1. The molecule has 4 amide bonds. The second-order valence-corrected chi connectivity index (χ2v) is 8.41. The quantitative estimate of drug-likeness (QED) is 0.0334. The Morgan fingerprint density at radius 2 is 1.33 bits per heavy atom. The van der Waals surface area contributed by atoms with E-state index in [9.17, 15) is 29.1 Å². The number of primary amides is 1. The predicted octanol–water partition coefficient (Wildman–Crippen LogP) is -3.77. The van der Waals surface area contributed by atoms with Crippen molar-refractivity contribution in [3.8, 4) is 0 Å². The standard InChI is InChI=1S/C20H39N9O6S/c21-8-2-1-4-12(18(33)29-14(10-36)19(34)35)28-17(32)13(5-3-9-26-20(24)25)27-16(31)11(22)6-7-15(23)30/h11-14,36H,1-10,21-22H2,(H2,23,30)(H,27,31)(H,28,32)(H,29,33)(H,34,35)(H4,24,25,26). The monoisotopic (exact) mass is 533 g/mol. The Kier molecular flexibility index (Phi) is 16.6. The van der Waals surface area contributed by atoms with Crippen LogP contribution in [0.5, 0.6) is 0 Å². The van der Waals surface area contributed by atoms with E-state index in [0.717, 1.165) is 0 Å². The van der Waals surface area contributed by atoms with Gasteiger partial charge in [-0.25, -0.2) is 4.79 Å². The van der Waals surface area contributed by atoms with E-state index < -0.39 is 53.8 Å². The molecule has 0 aromatic heterocycles. The van der Waals surface area contributed by atoms with Crippen molar-refractivity contribution in [3.05, 3.63) is 0 Å². The van der Waals surface area contributed by atoms with Crippen LogP contribution < -0.4 is 44.6 Å². The van der Waals surface area contributed by atoms with Crippen LogP contribution in [0.4, 0.5) is 0 Å². The number of aliphatic carboxylic acids is 1. The third kappa shape index (κ3) is 14.3. The van der Waals surface area contributed by atoms with Crippen LogP contribution in [0.15, 0.2) is 4.99 Å². The number of amides is 4. The highest BCUT2D eigenvalue weighted by atomic mass is 32.1. The van der Waals surface area contributed by atoms with Gasteiger partial charge in [0.15, 0.2) is 5.96 Å². The average Bonchev–Trinajstić information content (AvgIpc) is 2.81. The van der Waals surface area contributed by atoms with Crippen molar-refractivity contribution in [2.45, 2.75) is 69.1 Å². The summed E-state index contributed by atoms with van der Waals surface area (Å²) in [5.41, 5.74) is 27.0. The molecule has 0 heterocycles. The number of carboxylic acid groups (broad SMARTS) is 1. The molecule has 0 aromatic carbocycles. The van der Waals surface area contributed by atoms with Gasteiger partial charge in [-0.05, 0) is 45.1 Å². The zero-order valence-electron chi connectivity index (χ0n) is 20.2. The van der Waals surface area contributed by atoms with Crippen LogP contribution >= 0.6 is 12.6 Å². The van der Waals surface area contributed by atoms with Crippen LogP contribution in [0.2, 0.25) is 0 Å². The number of unbranched alkanes of at least 4 members (excludes halogenated alkanes) is 1. The van der Waals surface area contributed by atoms with Crippen molar-refractivity contribution in [2.24, 2.45) is 33.7 Å². The molecule has 15 nitrogen and oxygen atoms in total. The SMILES string of the molecule is NCCCCC(NC(=O)C(CCCN=C(N)N)NC(=O)C(N)CCC(N)=O)C(=O)NC(CS)C(=O)O. The number of carbonyl (C=O) groups is 5. The maximum atomic E-state index is 13.1. The van der Waals surface area contributed by atoms with Crippen LogP contribution in [-0.4, -0.2) is 83.7 Å². The predicted molar refractivity (Wildman–Crippen MR) is 137 cm³/mol. The summed E-state index contributed by atoms with van der Waals surface area (Å²) in [5.74, 6) is -4.30. The second kappa shape index (κ2) is 18.2. The zero-order valence-corrected chi connectivity index (χ0v) is 21.0. The molecule has 0 fully saturated rings. The molecule has 14 N–H and O–H groups in total. The summed E-state index contributed by atoms with van der Waals surface area (Å²) in [6, 6.07) is -4.56. The number of guanidine groups is 1. The van der Waals surface area contributed by atoms with Gasteiger partial charge in [-0.3, -0.25) is 24.2 Å². The van der Waals surface area contributed by atoms with Gasteiger partial charge in [-0.2, -0.15) is 12.6 Å². The maximum Gasteiger partial charge on any atom is 0.327 e. The minimum Gasteiger partial charge on any atom is -0.480 e. The molecule has 0 bridgehead atoms. The fourth-order valence-corrected chi connectivity index (χ4v) is 3.22. The fourth-order valence-electron chi connectivity index (χ4n) is 2.97. The first-order chi connectivity index (χ1) is 16.9. The van der Waals surface area contributed by atoms with E-state index >= 15 is 0 Å². The van der Waals surface area contributed by atoms with Gasteiger partial charge in [0.05, 0.1) is 6.04 Å². The molecular formula is C20H39N9O6S. The van der Waals surface area contributed by atoms with Crippen LogP contribution in [0.3, 0.4) is 0 Å². The second-order valence-electron chi connectivity index (χ2n) is 8.05. The Morgan fingerprint density at radius 3 is 1.81 bits per heavy atom. The Morgan fingerprint density at radius 1 is 0.806 bits per heavy atom. The summed E-state index contributed by atoms with van der Waals surface area (Å²) >= 11 is 3.92. The molecule has 4 atom stereocenters. The summed E-state index contributed by atoms with van der Waals surface area (Å²) in [7, 11) is 0. The van der Waals surface area contributed by atoms with Gasteiger partial charge in [0, 0.05) is 18.7 Å². The molecule has 0 aliphatic rings. The number of hydrogen-bond donors (Lipinski definition) is 10. The van der Waals surface area contributed by atoms with Gasteiger partial charge in [0.1, 0.15) is 18.1 Å². The Labute approximate surface area is 215 Å². The van der Waals surface area contributed by atoms with Crippen LogP contribution in [0.1, 0.15) is 44.9 Å². The Bertz CT molecular complexity index is 779. The average molecular weight is 534 g/mol. The first-order valence-corrected chi connectivity index (χ1v) is 12.1. The minimum atomic E-state index is -1.28. The fraction of sp³-hybridized carbons (Fsp3) is 0.700. The van der Waals surface area contributed by atoms with E-state index in [2.05, 4.69) is 33.6 Å². The number of thiol groups is 1. The van der Waals surface area contributed by atoms with Crippen molar-refractivity contribution >= 4 is 48.2 Å². The van der Waals surface area contributed by atoms with E-state index in [1.165, 1.54) is 0 Å². The lowest BCUT2D eigenvalue weighted by Gasteiger charge is -2.25. The topological polar surface area (TPSA) is 284 Å². The van der Waals surface area contributed by atoms with Gasteiger partial charge >= 0.3 is 5.97 Å². The van der Waals surface area contributed by atoms with Gasteiger partial charge in [0.25, 0.3) is 0 Å². The van der Waals surface area contributed by atoms with Gasteiger partial charge in [0.2, 0.25) is 23.6 Å². The van der Waals surface area contributed by atoms with Crippen molar-refractivity contribution in [1.82, 2.24) is 16.0 Å². The molecule has 0 saturated heterocycles. The number of rotatable bonds is 19. The third-order valence-corrected chi connectivity index (χ3v) is 5.36. The van der Waals surface area contributed by atoms with Crippen LogP contribution in [-0.2, 0) is 24.0 Å². The van der Waals surface area contributed by atoms with Crippen molar-refractivity contribution in [3.63, 3.8) is 0 Å². The van der Waals surface area contributed by atoms with Gasteiger partial charge in [-0.1, -0.05) is 0 Å². The van der Waals surface area contributed by atoms with E-state index in [1.54, 1.807) is 0 Å². The lowest BCUT2D eigenvalue weighted by molar-refractivity contribution is -0.141. The summed E-state index contributed by atoms with van der Waals surface area (Å²) in [5, 5.41) is 16.6. The number of carboxylic acids is 1. The van der Waals surface area contributed by atoms with Gasteiger partial charge in [-0.15, -0.1) is 0 Å². The first-order valence-electron chi connectivity index (χ1n) is 11.5. The van der Waals surface area contributed by atoms with Crippen LogP contribution in [0.25, 0.3) is 0 Å². The van der Waals surface area contributed by atoms with Crippen molar-refractivity contribution in [1.29, 1.82) is 0 Å². The Hall–Kier alpha value is -3.11. The molecular weight excluding hydrogens is 494 g/mol. The number of nitrogens with zero attached hydrogens (tertiary/aromatic N) is 1. The third-order valence-electron chi connectivity index (χ3n) is 4.99. The molecule has 0 radical (unpaired) electrons. The van der Waals surface area contributed by atoms with Gasteiger partial charge < -0.3 is 49.7 Å². The first kappa shape index (κ1) is 32.9. The highest BCUT2D eigenvalue weighted by Gasteiger charge is 2.29. The summed E-state index contributed by atoms with van der Waals surface area (Å²) in [6.07, 6.45) is 1.50. The smallest absolute Gasteiger partial charge is 0.327 e. The molecule has 0 aliphatic heterocycles. The summed E-state index contributed by atoms with van der Waals surface area (Å²) in [6.45, 7) is 0.543. The molecule has 0 aliphatic carbocycles. The largest absolute Gasteiger partial charge is 0.480 e. The molecule has 0 spiro atoms. The molecule has 0 saturated carbocycles. The molecule has 4 unspecified atom stereocenters. The number of nitrogens with one attached hydrogen (secondary N) is 3. The van der Waals surface area contributed by atoms with E-state index in [0.29, 0.717) is 25.8 Å². The molecule has 36 heavy (non-hydrogen) atoms. The van der Waals surface area contributed by atoms with Crippen LogP contribution in [0, 0.1) is 0 Å². The summed E-state index contributed by atoms with van der Waals surface area (Å²) in [4.78, 5) is 64.4.